The van der Waals surface area contributed by atoms with Crippen molar-refractivity contribution in [3.63, 3.8) is 0 Å². The van der Waals surface area contributed by atoms with E-state index < -0.39 is 15.8 Å². The van der Waals surface area contributed by atoms with Gasteiger partial charge in [0.15, 0.2) is 0 Å². The van der Waals surface area contributed by atoms with Crippen LogP contribution in [0.3, 0.4) is 0 Å². The number of nitrogen functional groups attached to an aromatic ring is 1. The van der Waals surface area contributed by atoms with Crippen LogP contribution in [0, 0.1) is 5.82 Å². The zero-order valence-electron chi connectivity index (χ0n) is 11.2. The summed E-state index contributed by atoms with van der Waals surface area (Å²) < 4.78 is 39.0. The van der Waals surface area contributed by atoms with Gasteiger partial charge in [-0.15, -0.1) is 0 Å². The van der Waals surface area contributed by atoms with Crippen LogP contribution in [0.1, 0.15) is 0 Å². The molecule has 0 atom stereocenters. The van der Waals surface area contributed by atoms with Crippen molar-refractivity contribution in [2.75, 3.05) is 32.9 Å². The third-order valence-electron chi connectivity index (χ3n) is 2.38. The number of amides is 2. The number of benzene rings is 1. The lowest BCUT2D eigenvalue weighted by molar-refractivity contribution is 0.217. The molecule has 0 heterocycles. The van der Waals surface area contributed by atoms with Crippen LogP contribution in [0.2, 0.25) is 0 Å². The van der Waals surface area contributed by atoms with E-state index in [1.54, 1.807) is 14.1 Å². The molecule has 1 rings (SSSR count). The highest BCUT2D eigenvalue weighted by atomic mass is 32.2. The Bertz CT molecular complexity index is 589. The van der Waals surface area contributed by atoms with Gasteiger partial charge < -0.3 is 16.0 Å². The average Bonchev–Trinajstić information content (AvgIpc) is 2.37. The van der Waals surface area contributed by atoms with Crippen molar-refractivity contribution in [2.45, 2.75) is 4.90 Å². The summed E-state index contributed by atoms with van der Waals surface area (Å²) in [7, 11) is -0.639. The molecule has 0 saturated carbocycles. The van der Waals surface area contributed by atoms with Gasteiger partial charge in [0.05, 0.1) is 10.6 Å². The summed E-state index contributed by atoms with van der Waals surface area (Å²) in [5, 5.41) is 2.50. The fourth-order valence-electron chi connectivity index (χ4n) is 1.29. The number of carbonyl (C=O) groups excluding carboxylic acids is 1. The lowest BCUT2D eigenvalue weighted by Gasteiger charge is -2.12. The molecule has 0 aliphatic heterocycles. The number of anilines is 1. The first-order valence-corrected chi connectivity index (χ1v) is 7.22. The monoisotopic (exact) mass is 304 g/mol. The van der Waals surface area contributed by atoms with Gasteiger partial charge in [-0.25, -0.2) is 22.3 Å². The molecule has 0 aromatic heterocycles. The van der Waals surface area contributed by atoms with Crippen LogP contribution in [-0.4, -0.2) is 46.5 Å². The molecule has 1 aromatic rings. The average molecular weight is 304 g/mol. The van der Waals surface area contributed by atoms with Crippen LogP contribution < -0.4 is 15.8 Å². The van der Waals surface area contributed by atoms with Crippen molar-refractivity contribution in [1.29, 1.82) is 0 Å². The van der Waals surface area contributed by atoms with Crippen molar-refractivity contribution in [2.24, 2.45) is 0 Å². The van der Waals surface area contributed by atoms with Gasteiger partial charge in [0.1, 0.15) is 5.82 Å². The van der Waals surface area contributed by atoms with E-state index in [-0.39, 0.29) is 29.7 Å². The minimum atomic E-state index is -3.78. The Morgan fingerprint density at radius 1 is 1.35 bits per heavy atom. The first kappa shape index (κ1) is 16.2. The number of sulfonamides is 1. The molecule has 20 heavy (non-hydrogen) atoms. The lowest BCUT2D eigenvalue weighted by Crippen LogP contribution is -2.39. The SMILES string of the molecule is CN(C)C(=O)NCCNS(=O)(=O)c1ccc(F)c(N)c1. The number of nitrogens with two attached hydrogens (primary N) is 1. The fourth-order valence-corrected chi connectivity index (χ4v) is 2.35. The molecule has 0 saturated heterocycles. The van der Waals surface area contributed by atoms with Gasteiger partial charge in [-0.3, -0.25) is 0 Å². The third kappa shape index (κ3) is 4.35. The van der Waals surface area contributed by atoms with Crippen molar-refractivity contribution in [1.82, 2.24) is 14.9 Å². The van der Waals surface area contributed by atoms with E-state index in [1.807, 2.05) is 0 Å². The standard InChI is InChI=1S/C11H17FN4O3S/c1-16(2)11(17)14-5-6-15-20(18,19)8-3-4-9(12)10(13)7-8/h3-4,7,15H,5-6,13H2,1-2H3,(H,14,17). The summed E-state index contributed by atoms with van der Waals surface area (Å²) >= 11 is 0. The number of hydrogen-bond acceptors (Lipinski definition) is 4. The molecule has 0 radical (unpaired) electrons. The van der Waals surface area contributed by atoms with Crippen LogP contribution >= 0.6 is 0 Å². The Hall–Kier alpha value is -1.87. The molecule has 0 unspecified atom stereocenters. The molecule has 2 amide bonds. The van der Waals surface area contributed by atoms with E-state index in [1.165, 1.54) is 4.90 Å². The number of nitrogens with one attached hydrogen (secondary N) is 2. The number of carbonyl (C=O) groups is 1. The van der Waals surface area contributed by atoms with Gasteiger partial charge in [0, 0.05) is 27.2 Å². The molecule has 0 fully saturated rings. The molecule has 0 bridgehead atoms. The molecule has 112 valence electrons. The number of halogens is 1. The van der Waals surface area contributed by atoms with Crippen LogP contribution in [0.15, 0.2) is 23.1 Å². The van der Waals surface area contributed by atoms with Crippen LogP contribution in [0.5, 0.6) is 0 Å². The fraction of sp³-hybridized carbons (Fsp3) is 0.364. The highest BCUT2D eigenvalue weighted by Gasteiger charge is 2.15. The summed E-state index contributed by atoms with van der Waals surface area (Å²) in [6.07, 6.45) is 0. The molecular formula is C11H17FN4O3S. The molecule has 1 aromatic carbocycles. The quantitative estimate of drug-likeness (QED) is 0.524. The maximum absolute atomic E-state index is 13.0. The largest absolute Gasteiger partial charge is 0.396 e. The Balaban J connectivity index is 2.58. The zero-order valence-corrected chi connectivity index (χ0v) is 12.0. The predicted molar refractivity (Wildman–Crippen MR) is 73.1 cm³/mol. The lowest BCUT2D eigenvalue weighted by atomic mass is 10.3. The molecular weight excluding hydrogens is 287 g/mol. The predicted octanol–water partition coefficient (Wildman–Crippen LogP) is -0.0426. The number of nitrogens with zero attached hydrogens (tertiary/aromatic N) is 1. The minimum absolute atomic E-state index is 0.0131. The highest BCUT2D eigenvalue weighted by molar-refractivity contribution is 7.89. The minimum Gasteiger partial charge on any atom is -0.396 e. The summed E-state index contributed by atoms with van der Waals surface area (Å²) in [6.45, 7) is 0.145. The van der Waals surface area contributed by atoms with Gasteiger partial charge in [-0.2, -0.15) is 0 Å². The van der Waals surface area contributed by atoms with E-state index in [0.717, 1.165) is 18.2 Å². The Morgan fingerprint density at radius 3 is 2.55 bits per heavy atom. The summed E-state index contributed by atoms with van der Waals surface area (Å²) in [6, 6.07) is 2.82. The zero-order chi connectivity index (χ0) is 15.3. The van der Waals surface area contributed by atoms with E-state index >= 15 is 0 Å². The van der Waals surface area contributed by atoms with Crippen LogP contribution in [0.4, 0.5) is 14.9 Å². The van der Waals surface area contributed by atoms with Crippen molar-refractivity contribution in [3.8, 4) is 0 Å². The molecule has 0 aliphatic rings. The van der Waals surface area contributed by atoms with Gasteiger partial charge in [-0.1, -0.05) is 0 Å². The molecule has 0 aliphatic carbocycles. The normalized spacial score (nSPS) is 11.2. The Kier molecular flexibility index (Phi) is 5.28. The maximum atomic E-state index is 13.0. The smallest absolute Gasteiger partial charge is 0.316 e. The molecule has 4 N–H and O–H groups in total. The highest BCUT2D eigenvalue weighted by Crippen LogP contribution is 2.16. The van der Waals surface area contributed by atoms with Crippen molar-refractivity contribution < 1.29 is 17.6 Å². The van der Waals surface area contributed by atoms with E-state index in [2.05, 4.69) is 10.0 Å². The second-order valence-corrected chi connectivity index (χ2v) is 5.97. The van der Waals surface area contributed by atoms with Gasteiger partial charge in [0.25, 0.3) is 0 Å². The Labute approximate surface area is 117 Å². The maximum Gasteiger partial charge on any atom is 0.316 e. The third-order valence-corrected chi connectivity index (χ3v) is 3.84. The summed E-state index contributed by atoms with van der Waals surface area (Å²) in [5.74, 6) is -0.679. The van der Waals surface area contributed by atoms with E-state index in [0.29, 0.717) is 0 Å². The van der Waals surface area contributed by atoms with Gasteiger partial charge in [-0.05, 0) is 18.2 Å². The first-order chi connectivity index (χ1) is 9.24. The topological polar surface area (TPSA) is 105 Å². The van der Waals surface area contributed by atoms with E-state index in [9.17, 15) is 17.6 Å². The second-order valence-electron chi connectivity index (χ2n) is 4.21. The van der Waals surface area contributed by atoms with E-state index in [4.69, 9.17) is 5.73 Å². The Morgan fingerprint density at radius 2 is 2.00 bits per heavy atom. The summed E-state index contributed by atoms with van der Waals surface area (Å²) in [5.41, 5.74) is 5.07. The molecule has 0 spiro atoms. The number of rotatable bonds is 5. The molecule has 9 heteroatoms. The second kappa shape index (κ2) is 6.53. The van der Waals surface area contributed by atoms with Crippen molar-refractivity contribution in [3.05, 3.63) is 24.0 Å². The first-order valence-electron chi connectivity index (χ1n) is 5.74. The van der Waals surface area contributed by atoms with Gasteiger partial charge >= 0.3 is 6.03 Å². The van der Waals surface area contributed by atoms with Crippen molar-refractivity contribution >= 4 is 21.7 Å². The number of hydrogen-bond donors (Lipinski definition) is 3. The van der Waals surface area contributed by atoms with Crippen LogP contribution in [-0.2, 0) is 10.0 Å². The van der Waals surface area contributed by atoms with Crippen LogP contribution in [0.25, 0.3) is 0 Å². The molecule has 7 nitrogen and oxygen atoms in total. The summed E-state index contributed by atoms with van der Waals surface area (Å²) in [4.78, 5) is 12.4. The number of urea groups is 1. The van der Waals surface area contributed by atoms with Gasteiger partial charge in [0.2, 0.25) is 10.0 Å².